The number of benzene rings is 2. The van der Waals surface area contributed by atoms with Crippen LogP contribution in [0.2, 0.25) is 0 Å². The zero-order chi connectivity index (χ0) is 18.8. The van der Waals surface area contributed by atoms with Gasteiger partial charge in [-0.3, -0.25) is 0 Å². The highest BCUT2D eigenvalue weighted by molar-refractivity contribution is 5.44. The lowest BCUT2D eigenvalue weighted by Crippen LogP contribution is -2.43. The summed E-state index contributed by atoms with van der Waals surface area (Å²) in [5, 5.41) is 20.7. The number of aliphatic hydroxyl groups excluding tert-OH is 1. The van der Waals surface area contributed by atoms with Crippen molar-refractivity contribution in [2.45, 2.75) is 50.5 Å². The Morgan fingerprint density at radius 3 is 2.63 bits per heavy atom. The third-order valence-corrected chi connectivity index (χ3v) is 7.77. The molecule has 27 heavy (non-hydrogen) atoms. The number of aromatic hydroxyl groups is 1. The number of hydrogen-bond donors (Lipinski definition) is 2. The van der Waals surface area contributed by atoms with Crippen LogP contribution in [-0.4, -0.2) is 16.3 Å². The monoisotopic (exact) mass is 360 g/mol. The molecule has 6 atom stereocenters. The molecule has 2 nitrogen and oxygen atoms in total. The number of phenols is 1. The normalized spacial score (nSPS) is 37.4. The molecule has 2 fully saturated rings. The second-order valence-corrected chi connectivity index (χ2v) is 9.25. The van der Waals surface area contributed by atoms with Gasteiger partial charge in [0.05, 0.1) is 6.10 Å². The quantitative estimate of drug-likeness (QED) is 0.689. The lowest BCUT2D eigenvalue weighted by molar-refractivity contribution is 0.0600. The smallest absolute Gasteiger partial charge is 0.115 e. The summed E-state index contributed by atoms with van der Waals surface area (Å²) in [4.78, 5) is 0. The van der Waals surface area contributed by atoms with Gasteiger partial charge in [-0.15, -0.1) is 0 Å². The third-order valence-electron chi connectivity index (χ3n) is 7.77. The number of rotatable bonds is 1. The standard InChI is InChI=1S/C25H28O2/c1-15-22(27)14-25(2)11-10-20-19-9-8-18(26)12-17(19)13-21(23(20)24(15)25)16-6-4-3-5-7-16/h3-9,12,20-24,26-27H,1,10-11,13-14H2,2H3/t20-,21+,22+,23+,24+,25-/m1/s1. The average molecular weight is 360 g/mol. The summed E-state index contributed by atoms with van der Waals surface area (Å²) >= 11 is 0. The van der Waals surface area contributed by atoms with Gasteiger partial charge < -0.3 is 10.2 Å². The lowest BCUT2D eigenvalue weighted by Gasteiger charge is -2.52. The van der Waals surface area contributed by atoms with Crippen LogP contribution in [0.3, 0.4) is 0 Å². The molecule has 140 valence electrons. The average Bonchev–Trinajstić information content (AvgIpc) is 2.90. The Labute approximate surface area is 161 Å². The van der Waals surface area contributed by atoms with Gasteiger partial charge in [0.15, 0.2) is 0 Å². The fourth-order valence-electron chi connectivity index (χ4n) is 6.65. The zero-order valence-electron chi connectivity index (χ0n) is 15.9. The summed E-state index contributed by atoms with van der Waals surface area (Å²) in [5.74, 6) is 2.06. The molecule has 2 N–H and O–H groups in total. The van der Waals surface area contributed by atoms with Crippen LogP contribution in [0.25, 0.3) is 0 Å². The van der Waals surface area contributed by atoms with E-state index in [9.17, 15) is 10.2 Å². The predicted molar refractivity (Wildman–Crippen MR) is 108 cm³/mol. The molecule has 0 bridgehead atoms. The molecule has 2 aromatic rings. The van der Waals surface area contributed by atoms with Crippen molar-refractivity contribution in [3.05, 3.63) is 77.4 Å². The topological polar surface area (TPSA) is 40.5 Å². The Bertz CT molecular complexity index is 886. The Kier molecular flexibility index (Phi) is 3.77. The molecule has 5 rings (SSSR count). The molecule has 3 aliphatic rings. The van der Waals surface area contributed by atoms with Crippen molar-refractivity contribution in [2.24, 2.45) is 17.3 Å². The van der Waals surface area contributed by atoms with Crippen LogP contribution in [0.1, 0.15) is 54.7 Å². The first-order valence-corrected chi connectivity index (χ1v) is 10.2. The minimum Gasteiger partial charge on any atom is -0.508 e. The highest BCUT2D eigenvalue weighted by atomic mass is 16.3. The van der Waals surface area contributed by atoms with E-state index < -0.39 is 0 Å². The number of aliphatic hydroxyl groups is 1. The minimum atomic E-state index is -0.364. The van der Waals surface area contributed by atoms with Crippen molar-refractivity contribution in [1.82, 2.24) is 0 Å². The van der Waals surface area contributed by atoms with Gasteiger partial charge in [0, 0.05) is 0 Å². The number of phenolic OH excluding ortho intramolecular Hbond substituents is 1. The van der Waals surface area contributed by atoms with E-state index in [4.69, 9.17) is 0 Å². The van der Waals surface area contributed by atoms with Gasteiger partial charge in [0.1, 0.15) is 5.75 Å². The van der Waals surface area contributed by atoms with Crippen LogP contribution in [-0.2, 0) is 6.42 Å². The molecule has 0 radical (unpaired) electrons. The molecule has 0 spiro atoms. The van der Waals surface area contributed by atoms with Crippen LogP contribution >= 0.6 is 0 Å². The summed E-state index contributed by atoms with van der Waals surface area (Å²) in [6.45, 7) is 6.73. The molecule has 2 heteroatoms. The highest BCUT2D eigenvalue weighted by Crippen LogP contribution is 2.65. The van der Waals surface area contributed by atoms with E-state index >= 15 is 0 Å². The molecule has 0 amide bonds. The van der Waals surface area contributed by atoms with Crippen LogP contribution in [0.5, 0.6) is 5.75 Å². The lowest BCUT2D eigenvalue weighted by atomic mass is 9.51. The maximum atomic E-state index is 10.6. The summed E-state index contributed by atoms with van der Waals surface area (Å²) < 4.78 is 0. The van der Waals surface area contributed by atoms with Crippen molar-refractivity contribution in [3.63, 3.8) is 0 Å². The molecular weight excluding hydrogens is 332 g/mol. The second kappa shape index (κ2) is 5.97. The largest absolute Gasteiger partial charge is 0.508 e. The Balaban J connectivity index is 1.68. The molecule has 0 aliphatic heterocycles. The molecule has 0 unspecified atom stereocenters. The van der Waals surface area contributed by atoms with Crippen molar-refractivity contribution in [1.29, 1.82) is 0 Å². The van der Waals surface area contributed by atoms with Gasteiger partial charge in [-0.25, -0.2) is 0 Å². The van der Waals surface area contributed by atoms with Crippen LogP contribution < -0.4 is 0 Å². The predicted octanol–water partition coefficient (Wildman–Crippen LogP) is 5.17. The maximum absolute atomic E-state index is 10.6. The van der Waals surface area contributed by atoms with Crippen LogP contribution in [0, 0.1) is 17.3 Å². The molecule has 0 aromatic heterocycles. The van der Waals surface area contributed by atoms with E-state index in [1.807, 2.05) is 12.1 Å². The summed E-state index contributed by atoms with van der Waals surface area (Å²) in [5.41, 5.74) is 5.27. The van der Waals surface area contributed by atoms with E-state index in [-0.39, 0.29) is 11.5 Å². The third kappa shape index (κ3) is 2.50. The molecule has 0 saturated heterocycles. The van der Waals surface area contributed by atoms with Gasteiger partial charge in [0.2, 0.25) is 0 Å². The fourth-order valence-corrected chi connectivity index (χ4v) is 6.65. The van der Waals surface area contributed by atoms with E-state index in [0.29, 0.717) is 29.4 Å². The van der Waals surface area contributed by atoms with Gasteiger partial charge in [0.25, 0.3) is 0 Å². The number of fused-ring (bicyclic) bond motifs is 5. The highest BCUT2D eigenvalue weighted by Gasteiger charge is 2.57. The van der Waals surface area contributed by atoms with Gasteiger partial charge in [-0.1, -0.05) is 49.9 Å². The summed E-state index contributed by atoms with van der Waals surface area (Å²) in [6, 6.07) is 16.8. The van der Waals surface area contributed by atoms with Gasteiger partial charge in [-0.05, 0) is 89.2 Å². The minimum absolute atomic E-state index is 0.152. The summed E-state index contributed by atoms with van der Waals surface area (Å²) in [6.07, 6.45) is 3.72. The molecule has 2 aromatic carbocycles. The zero-order valence-corrected chi connectivity index (χ0v) is 15.9. The Morgan fingerprint density at radius 2 is 1.85 bits per heavy atom. The molecular formula is C25H28O2. The van der Waals surface area contributed by atoms with Crippen molar-refractivity contribution >= 4 is 0 Å². The van der Waals surface area contributed by atoms with E-state index in [2.05, 4.69) is 49.9 Å². The first-order chi connectivity index (χ1) is 13.0. The van der Waals surface area contributed by atoms with Gasteiger partial charge in [-0.2, -0.15) is 0 Å². The molecule has 2 saturated carbocycles. The summed E-state index contributed by atoms with van der Waals surface area (Å²) in [7, 11) is 0. The SMILES string of the molecule is C=C1[C@@H](O)C[C@@]2(C)CC[C@@H]3c4ccc(O)cc4C[C@@H](c4ccccc4)[C@H]3[C@H]12. The Morgan fingerprint density at radius 1 is 1.07 bits per heavy atom. The second-order valence-electron chi connectivity index (χ2n) is 9.25. The van der Waals surface area contributed by atoms with Crippen molar-refractivity contribution < 1.29 is 10.2 Å². The number of hydrogen-bond acceptors (Lipinski definition) is 2. The maximum Gasteiger partial charge on any atom is 0.115 e. The first-order valence-electron chi connectivity index (χ1n) is 10.2. The van der Waals surface area contributed by atoms with Crippen molar-refractivity contribution in [3.8, 4) is 5.75 Å². The van der Waals surface area contributed by atoms with Crippen molar-refractivity contribution in [2.75, 3.05) is 0 Å². The van der Waals surface area contributed by atoms with Crippen LogP contribution in [0.15, 0.2) is 60.7 Å². The van der Waals surface area contributed by atoms with E-state index in [0.717, 1.165) is 31.3 Å². The fraction of sp³-hybridized carbons (Fsp3) is 0.440. The van der Waals surface area contributed by atoms with E-state index in [1.165, 1.54) is 16.7 Å². The molecule has 3 aliphatic carbocycles. The first kappa shape index (κ1) is 17.1. The van der Waals surface area contributed by atoms with E-state index in [1.54, 1.807) is 0 Å². The molecule has 0 heterocycles. The van der Waals surface area contributed by atoms with Crippen LogP contribution in [0.4, 0.5) is 0 Å². The Hall–Kier alpha value is -2.06. The van der Waals surface area contributed by atoms with Gasteiger partial charge >= 0.3 is 0 Å².